The first-order chi connectivity index (χ1) is 8.76. The number of likely N-dealkylation sites (tertiary alicyclic amines) is 1. The van der Waals surface area contributed by atoms with E-state index in [9.17, 15) is 0 Å². The van der Waals surface area contributed by atoms with Gasteiger partial charge in [0.1, 0.15) is 0 Å². The van der Waals surface area contributed by atoms with E-state index < -0.39 is 0 Å². The van der Waals surface area contributed by atoms with Gasteiger partial charge < -0.3 is 4.90 Å². The molecule has 2 bridgehead atoms. The van der Waals surface area contributed by atoms with Gasteiger partial charge in [-0.1, -0.05) is 59.8 Å². The Kier molecular flexibility index (Phi) is 12.0. The lowest BCUT2D eigenvalue weighted by atomic mass is 10.00. The average Bonchev–Trinajstić information content (AvgIpc) is 2.73. The van der Waals surface area contributed by atoms with Crippen LogP contribution in [0.2, 0.25) is 0 Å². The zero-order chi connectivity index (χ0) is 13.8. The summed E-state index contributed by atoms with van der Waals surface area (Å²) in [6.07, 6.45) is 11.6. The number of piperidine rings is 1. The molecule has 0 aromatic rings. The Bertz CT molecular complexity index is 151. The minimum atomic E-state index is 1.06. The van der Waals surface area contributed by atoms with Crippen LogP contribution in [0.5, 0.6) is 0 Å². The summed E-state index contributed by atoms with van der Waals surface area (Å²) in [7, 11) is 2.25. The van der Waals surface area contributed by atoms with E-state index in [1.165, 1.54) is 64.5 Å². The number of hydrogen-bond donors (Lipinski definition) is 0. The van der Waals surface area contributed by atoms with Crippen LogP contribution < -0.4 is 0 Å². The Balaban J connectivity index is 0.000000292. The van der Waals surface area contributed by atoms with Crippen molar-refractivity contribution in [2.45, 2.75) is 79.1 Å². The van der Waals surface area contributed by atoms with Gasteiger partial charge in [-0.15, -0.1) is 0 Å². The number of fused-ring (bicyclic) bond motifs is 2. The van der Waals surface area contributed by atoms with Crippen molar-refractivity contribution in [3.8, 4) is 0 Å². The summed E-state index contributed by atoms with van der Waals surface area (Å²) in [5.74, 6) is 2.13. The molecule has 1 aliphatic heterocycles. The number of unbranched alkanes of at least 4 members (excludes halogenated alkanes) is 4. The summed E-state index contributed by atoms with van der Waals surface area (Å²) in [4.78, 5) is 2.49. The lowest BCUT2D eigenvalue weighted by molar-refractivity contribution is 0.203. The highest BCUT2D eigenvalue weighted by atomic mass is 15.1. The average molecular weight is 255 g/mol. The zero-order valence-electron chi connectivity index (χ0n) is 13.7. The summed E-state index contributed by atoms with van der Waals surface area (Å²) >= 11 is 0. The fourth-order valence-electron chi connectivity index (χ4n) is 3.14. The van der Waals surface area contributed by atoms with E-state index in [-0.39, 0.29) is 0 Å². The molecule has 0 aromatic heterocycles. The maximum atomic E-state index is 2.49. The molecule has 2 fully saturated rings. The van der Waals surface area contributed by atoms with Gasteiger partial charge in [-0.2, -0.15) is 0 Å². The van der Waals surface area contributed by atoms with Crippen molar-refractivity contribution in [3.05, 3.63) is 0 Å². The van der Waals surface area contributed by atoms with E-state index >= 15 is 0 Å². The van der Waals surface area contributed by atoms with Crippen LogP contribution in [0.25, 0.3) is 0 Å². The molecule has 1 saturated heterocycles. The fraction of sp³-hybridized carbons (Fsp3) is 1.00. The van der Waals surface area contributed by atoms with Crippen LogP contribution in [-0.2, 0) is 0 Å². The third-order valence-electron chi connectivity index (χ3n) is 4.00. The number of rotatable bonds is 4. The standard InChI is InChI=1S/C8H15N.C7H16.C2H6/c1-9-5-7-2-3-8(4-7)6-9;1-3-5-7-6-4-2;1-2/h7-8H,2-6H2,1H3;3-7H2,1-2H3;1-2H3. The van der Waals surface area contributed by atoms with Crippen molar-refractivity contribution < 1.29 is 0 Å². The van der Waals surface area contributed by atoms with Gasteiger partial charge in [0.25, 0.3) is 0 Å². The second-order valence-electron chi connectivity index (χ2n) is 5.83. The molecule has 0 radical (unpaired) electrons. The van der Waals surface area contributed by atoms with Crippen LogP contribution in [0.4, 0.5) is 0 Å². The van der Waals surface area contributed by atoms with Crippen LogP contribution in [0.3, 0.4) is 0 Å². The lowest BCUT2D eigenvalue weighted by Crippen LogP contribution is -2.32. The van der Waals surface area contributed by atoms with Gasteiger partial charge >= 0.3 is 0 Å². The molecule has 1 heteroatoms. The number of hydrogen-bond acceptors (Lipinski definition) is 1. The first-order valence-electron chi connectivity index (χ1n) is 8.44. The Morgan fingerprint density at radius 1 is 0.833 bits per heavy atom. The smallest absolute Gasteiger partial charge is 0.000683 e. The van der Waals surface area contributed by atoms with Crippen molar-refractivity contribution in [2.24, 2.45) is 11.8 Å². The molecular formula is C17H37N. The lowest BCUT2D eigenvalue weighted by Gasteiger charge is -2.27. The molecule has 1 heterocycles. The van der Waals surface area contributed by atoms with E-state index in [1.807, 2.05) is 13.8 Å². The summed E-state index contributed by atoms with van der Waals surface area (Å²) < 4.78 is 0. The minimum Gasteiger partial charge on any atom is -0.306 e. The zero-order valence-corrected chi connectivity index (χ0v) is 13.7. The first-order valence-corrected chi connectivity index (χ1v) is 8.44. The van der Waals surface area contributed by atoms with E-state index in [1.54, 1.807) is 0 Å². The normalized spacial score (nSPS) is 25.8. The molecule has 2 atom stereocenters. The minimum absolute atomic E-state index is 1.06. The third kappa shape index (κ3) is 8.13. The highest BCUT2D eigenvalue weighted by Gasteiger charge is 2.30. The molecule has 110 valence electrons. The van der Waals surface area contributed by atoms with Crippen molar-refractivity contribution >= 4 is 0 Å². The van der Waals surface area contributed by atoms with E-state index in [4.69, 9.17) is 0 Å². The van der Waals surface area contributed by atoms with E-state index in [2.05, 4.69) is 25.8 Å². The maximum absolute atomic E-state index is 2.49. The van der Waals surface area contributed by atoms with Gasteiger partial charge in [-0.25, -0.2) is 0 Å². The van der Waals surface area contributed by atoms with Crippen molar-refractivity contribution in [2.75, 3.05) is 20.1 Å². The van der Waals surface area contributed by atoms with Crippen molar-refractivity contribution in [1.82, 2.24) is 4.90 Å². The predicted molar refractivity (Wildman–Crippen MR) is 84.1 cm³/mol. The molecule has 1 saturated carbocycles. The van der Waals surface area contributed by atoms with Crippen LogP contribution in [-0.4, -0.2) is 25.0 Å². The summed E-state index contributed by atoms with van der Waals surface area (Å²) in [5, 5.41) is 0. The Hall–Kier alpha value is -0.0400. The van der Waals surface area contributed by atoms with E-state index in [0.29, 0.717) is 0 Å². The van der Waals surface area contributed by atoms with Crippen LogP contribution >= 0.6 is 0 Å². The molecule has 1 nitrogen and oxygen atoms in total. The number of nitrogens with zero attached hydrogens (tertiary/aromatic N) is 1. The molecule has 0 spiro atoms. The second kappa shape index (κ2) is 12.0. The van der Waals surface area contributed by atoms with Crippen LogP contribution in [0, 0.1) is 11.8 Å². The van der Waals surface area contributed by atoms with E-state index in [0.717, 1.165) is 11.8 Å². The molecule has 0 aromatic carbocycles. The molecule has 1 aliphatic carbocycles. The largest absolute Gasteiger partial charge is 0.306 e. The quantitative estimate of drug-likeness (QED) is 0.612. The highest BCUT2D eigenvalue weighted by Crippen LogP contribution is 2.35. The van der Waals surface area contributed by atoms with Gasteiger partial charge in [0, 0.05) is 13.1 Å². The Morgan fingerprint density at radius 3 is 1.67 bits per heavy atom. The fourth-order valence-corrected chi connectivity index (χ4v) is 3.14. The SMILES string of the molecule is CC.CCCCCCC.CN1CC2CCC(C2)C1. The second-order valence-corrected chi connectivity index (χ2v) is 5.83. The molecule has 2 rings (SSSR count). The van der Waals surface area contributed by atoms with Crippen LogP contribution in [0.1, 0.15) is 79.1 Å². The van der Waals surface area contributed by atoms with Crippen LogP contribution in [0.15, 0.2) is 0 Å². The monoisotopic (exact) mass is 255 g/mol. The molecule has 2 unspecified atom stereocenters. The van der Waals surface area contributed by atoms with Gasteiger partial charge in [0.15, 0.2) is 0 Å². The molecular weight excluding hydrogens is 218 g/mol. The molecule has 2 aliphatic rings. The highest BCUT2D eigenvalue weighted by molar-refractivity contribution is 4.83. The summed E-state index contributed by atoms with van der Waals surface area (Å²) in [5.41, 5.74) is 0. The van der Waals surface area contributed by atoms with Gasteiger partial charge in [-0.3, -0.25) is 0 Å². The predicted octanol–water partition coefficient (Wildman–Crippen LogP) is 5.35. The Morgan fingerprint density at radius 2 is 1.28 bits per heavy atom. The molecule has 18 heavy (non-hydrogen) atoms. The topological polar surface area (TPSA) is 3.24 Å². The first kappa shape index (κ1) is 18.0. The summed E-state index contributed by atoms with van der Waals surface area (Å²) in [6, 6.07) is 0. The maximum Gasteiger partial charge on any atom is 0.000683 e. The van der Waals surface area contributed by atoms with Gasteiger partial charge in [0.05, 0.1) is 0 Å². The van der Waals surface area contributed by atoms with Crippen molar-refractivity contribution in [3.63, 3.8) is 0 Å². The third-order valence-corrected chi connectivity index (χ3v) is 4.00. The Labute approximate surface area is 116 Å². The molecule has 0 amide bonds. The van der Waals surface area contributed by atoms with Crippen molar-refractivity contribution in [1.29, 1.82) is 0 Å². The van der Waals surface area contributed by atoms with Gasteiger partial charge in [0.2, 0.25) is 0 Å². The molecule has 0 N–H and O–H groups in total. The summed E-state index contributed by atoms with van der Waals surface area (Å²) in [6.45, 7) is 11.2. The van der Waals surface area contributed by atoms with Gasteiger partial charge in [-0.05, 0) is 38.1 Å².